The van der Waals surface area contributed by atoms with Gasteiger partial charge in [-0.1, -0.05) is 67.9 Å². The van der Waals surface area contributed by atoms with Gasteiger partial charge in [0.05, 0.1) is 0 Å². The summed E-state index contributed by atoms with van der Waals surface area (Å²) in [6, 6.07) is 11.5. The van der Waals surface area contributed by atoms with Crippen molar-refractivity contribution in [2.75, 3.05) is 0 Å². The normalized spacial score (nSPS) is 30.6. The second-order valence-corrected chi connectivity index (χ2v) is 12.3. The lowest BCUT2D eigenvalue weighted by Gasteiger charge is -2.37. The van der Waals surface area contributed by atoms with E-state index in [-0.39, 0.29) is 6.42 Å². The second kappa shape index (κ2) is 9.50. The molecule has 0 bridgehead atoms. The van der Waals surface area contributed by atoms with Crippen molar-refractivity contribution in [3.05, 3.63) is 34.9 Å². The molecule has 4 heteroatoms. The zero-order chi connectivity index (χ0) is 17.6. The average Bonchev–Trinajstić information content (AvgIpc) is 2.63. The van der Waals surface area contributed by atoms with Crippen LogP contribution >= 0.6 is 11.6 Å². The predicted molar refractivity (Wildman–Crippen MR) is 106 cm³/mol. The molecule has 1 saturated heterocycles. The average molecular weight is 385 g/mol. The lowest BCUT2D eigenvalue weighted by Crippen LogP contribution is -2.29. The van der Waals surface area contributed by atoms with Gasteiger partial charge < -0.3 is 0 Å². The van der Waals surface area contributed by atoms with Gasteiger partial charge in [0.2, 0.25) is 6.43 Å². The van der Waals surface area contributed by atoms with Crippen LogP contribution in [0.2, 0.25) is 22.7 Å². The van der Waals surface area contributed by atoms with Crippen molar-refractivity contribution in [2.24, 2.45) is 5.92 Å². The molecule has 1 aromatic carbocycles. The molecule has 0 aromatic heterocycles. The highest BCUT2D eigenvalue weighted by Crippen LogP contribution is 2.44. The summed E-state index contributed by atoms with van der Waals surface area (Å²) in [5, 5.41) is 0.831. The Morgan fingerprint density at radius 2 is 1.60 bits per heavy atom. The maximum absolute atomic E-state index is 12.3. The summed E-state index contributed by atoms with van der Waals surface area (Å²) in [5.74, 6) is 1.47. The van der Waals surface area contributed by atoms with Crippen LogP contribution in [0.3, 0.4) is 0 Å². The van der Waals surface area contributed by atoms with Crippen LogP contribution in [-0.4, -0.2) is 15.2 Å². The molecule has 140 valence electrons. The van der Waals surface area contributed by atoms with Crippen molar-refractivity contribution in [1.29, 1.82) is 0 Å². The SMILES string of the molecule is FC(F)CCCC1CCC([SiH]2CCC(c3ccc(Cl)cc3)CC2)CC1. The lowest BCUT2D eigenvalue weighted by atomic mass is 9.85. The highest BCUT2D eigenvalue weighted by molar-refractivity contribution is 6.60. The largest absolute Gasteiger partial charge is 0.238 e. The number of benzene rings is 1. The van der Waals surface area contributed by atoms with E-state index in [1.54, 1.807) is 0 Å². The summed E-state index contributed by atoms with van der Waals surface area (Å²) in [7, 11) is -0.596. The minimum absolute atomic E-state index is 0.101. The molecule has 2 aliphatic rings. The standard InChI is InChI=1S/C21H31ClF2Si/c22-19-8-6-17(7-9-19)18-12-14-25(15-13-18)20-10-4-16(5-11-20)2-1-3-21(23)24/h6-9,16,18,20-21,25H,1-5,10-15H2. The van der Waals surface area contributed by atoms with E-state index in [1.807, 2.05) is 12.1 Å². The molecule has 2 fully saturated rings. The van der Waals surface area contributed by atoms with Gasteiger partial charge in [0.1, 0.15) is 0 Å². The quantitative estimate of drug-likeness (QED) is 0.447. The van der Waals surface area contributed by atoms with Crippen molar-refractivity contribution < 1.29 is 8.78 Å². The Morgan fingerprint density at radius 3 is 2.20 bits per heavy atom. The van der Waals surface area contributed by atoms with E-state index in [4.69, 9.17) is 11.6 Å². The molecule has 1 aliphatic heterocycles. The van der Waals surface area contributed by atoms with Crippen LogP contribution in [0.4, 0.5) is 8.78 Å². The first-order valence-corrected chi connectivity index (χ1v) is 12.8. The molecule has 0 nitrogen and oxygen atoms in total. The van der Waals surface area contributed by atoms with Gasteiger partial charge in [-0.05, 0) is 54.3 Å². The monoisotopic (exact) mass is 384 g/mol. The summed E-state index contributed by atoms with van der Waals surface area (Å²) in [4.78, 5) is 0. The van der Waals surface area contributed by atoms with Crippen molar-refractivity contribution in [3.8, 4) is 0 Å². The minimum atomic E-state index is -2.11. The van der Waals surface area contributed by atoms with Crippen LogP contribution in [0.1, 0.15) is 69.3 Å². The van der Waals surface area contributed by atoms with Gasteiger partial charge >= 0.3 is 0 Å². The highest BCUT2D eigenvalue weighted by atomic mass is 35.5. The number of halogens is 3. The molecule has 25 heavy (non-hydrogen) atoms. The zero-order valence-corrected chi connectivity index (χ0v) is 17.0. The molecule has 0 radical (unpaired) electrons. The van der Waals surface area contributed by atoms with Gasteiger partial charge in [-0.15, -0.1) is 0 Å². The van der Waals surface area contributed by atoms with Crippen LogP contribution in [0.5, 0.6) is 0 Å². The topological polar surface area (TPSA) is 0 Å². The van der Waals surface area contributed by atoms with Gasteiger partial charge in [-0.25, -0.2) is 8.78 Å². The molecule has 3 rings (SSSR count). The van der Waals surface area contributed by atoms with Gasteiger partial charge in [-0.2, -0.15) is 0 Å². The fourth-order valence-electron chi connectivity index (χ4n) is 5.17. The molecule has 1 saturated carbocycles. The molecule has 1 heterocycles. The molecule has 0 amide bonds. The molecule has 1 aromatic rings. The third kappa shape index (κ3) is 5.79. The van der Waals surface area contributed by atoms with Crippen LogP contribution in [0.15, 0.2) is 24.3 Å². The zero-order valence-electron chi connectivity index (χ0n) is 15.1. The molecular weight excluding hydrogens is 354 g/mol. The smallest absolute Gasteiger partial charge is 0.211 e. The fraction of sp³-hybridized carbons (Fsp3) is 0.714. The number of rotatable bonds is 6. The molecule has 0 atom stereocenters. The van der Waals surface area contributed by atoms with Crippen LogP contribution in [0.25, 0.3) is 0 Å². The number of hydrogen-bond acceptors (Lipinski definition) is 0. The Morgan fingerprint density at radius 1 is 0.960 bits per heavy atom. The molecule has 1 aliphatic carbocycles. The van der Waals surface area contributed by atoms with Crippen molar-refractivity contribution in [1.82, 2.24) is 0 Å². The second-order valence-electron chi connectivity index (χ2n) is 8.27. The van der Waals surface area contributed by atoms with E-state index in [2.05, 4.69) is 12.1 Å². The van der Waals surface area contributed by atoms with Gasteiger partial charge in [0.25, 0.3) is 0 Å². The van der Waals surface area contributed by atoms with E-state index in [1.165, 1.54) is 56.2 Å². The first-order valence-electron chi connectivity index (χ1n) is 10.2. The van der Waals surface area contributed by atoms with Gasteiger partial charge in [-0.3, -0.25) is 0 Å². The summed E-state index contributed by atoms with van der Waals surface area (Å²) in [6.07, 6.45) is 7.86. The van der Waals surface area contributed by atoms with Crippen molar-refractivity contribution in [3.63, 3.8) is 0 Å². The lowest BCUT2D eigenvalue weighted by molar-refractivity contribution is 0.130. The minimum Gasteiger partial charge on any atom is -0.211 e. The third-order valence-electron chi connectivity index (χ3n) is 6.71. The fourth-order valence-corrected chi connectivity index (χ4v) is 9.51. The van der Waals surface area contributed by atoms with E-state index < -0.39 is 15.2 Å². The first-order chi connectivity index (χ1) is 12.1. The molecular formula is C21H31ClF2Si. The maximum atomic E-state index is 12.3. The molecule has 0 unspecified atom stereocenters. The van der Waals surface area contributed by atoms with Crippen LogP contribution < -0.4 is 0 Å². The number of alkyl halides is 2. The first kappa shape index (κ1) is 19.4. The Kier molecular flexibility index (Phi) is 7.35. The summed E-state index contributed by atoms with van der Waals surface area (Å²) < 4.78 is 24.5. The summed E-state index contributed by atoms with van der Waals surface area (Å²) >= 11 is 6.00. The van der Waals surface area contributed by atoms with E-state index >= 15 is 0 Å². The van der Waals surface area contributed by atoms with E-state index in [0.717, 1.165) is 35.2 Å². The van der Waals surface area contributed by atoms with E-state index in [9.17, 15) is 8.78 Å². The molecule has 0 N–H and O–H groups in total. The Balaban J connectivity index is 1.38. The Hall–Kier alpha value is -0.413. The maximum Gasteiger partial charge on any atom is 0.238 e. The van der Waals surface area contributed by atoms with Crippen LogP contribution in [0, 0.1) is 5.92 Å². The summed E-state index contributed by atoms with van der Waals surface area (Å²) in [6.45, 7) is 0. The number of hydrogen-bond donors (Lipinski definition) is 0. The van der Waals surface area contributed by atoms with Crippen LogP contribution in [-0.2, 0) is 0 Å². The Labute approximate surface area is 158 Å². The van der Waals surface area contributed by atoms with Gasteiger partial charge in [0.15, 0.2) is 0 Å². The van der Waals surface area contributed by atoms with E-state index in [0.29, 0.717) is 0 Å². The third-order valence-corrected chi connectivity index (χ3v) is 11.1. The highest BCUT2D eigenvalue weighted by Gasteiger charge is 2.32. The van der Waals surface area contributed by atoms with Crippen molar-refractivity contribution in [2.45, 2.75) is 87.8 Å². The van der Waals surface area contributed by atoms with Crippen molar-refractivity contribution >= 4 is 20.4 Å². The predicted octanol–water partition coefficient (Wildman–Crippen LogP) is 7.44. The van der Waals surface area contributed by atoms with Gasteiger partial charge in [0, 0.05) is 20.2 Å². The molecule has 0 spiro atoms. The summed E-state index contributed by atoms with van der Waals surface area (Å²) in [5.41, 5.74) is 2.50. The Bertz CT molecular complexity index is 503.